The van der Waals surface area contributed by atoms with Crippen molar-refractivity contribution < 1.29 is 19.1 Å². The Morgan fingerprint density at radius 3 is 2.48 bits per heavy atom. The van der Waals surface area contributed by atoms with Crippen molar-refractivity contribution in [1.29, 1.82) is 0 Å². The molecule has 0 bridgehead atoms. The molecule has 6 nitrogen and oxygen atoms in total. The number of likely N-dealkylation sites (tertiary alicyclic amines) is 1. The van der Waals surface area contributed by atoms with Crippen molar-refractivity contribution in [3.05, 3.63) is 59.7 Å². The van der Waals surface area contributed by atoms with Crippen molar-refractivity contribution in [2.24, 2.45) is 0 Å². The van der Waals surface area contributed by atoms with Crippen molar-refractivity contribution in [2.75, 3.05) is 38.7 Å². The zero-order chi connectivity index (χ0) is 21.7. The number of para-hydroxylation sites is 1. The van der Waals surface area contributed by atoms with E-state index in [9.17, 15) is 9.59 Å². The van der Waals surface area contributed by atoms with Gasteiger partial charge in [-0.3, -0.25) is 9.59 Å². The molecule has 2 aliphatic heterocycles. The summed E-state index contributed by atoms with van der Waals surface area (Å²) in [6, 6.07) is 15.9. The average Bonchev–Trinajstić information content (AvgIpc) is 2.83. The van der Waals surface area contributed by atoms with Gasteiger partial charge in [0.05, 0.1) is 6.42 Å². The van der Waals surface area contributed by atoms with Crippen molar-refractivity contribution in [3.63, 3.8) is 0 Å². The summed E-state index contributed by atoms with van der Waals surface area (Å²) in [5.41, 5.74) is 1.83. The van der Waals surface area contributed by atoms with Crippen LogP contribution in [0.1, 0.15) is 24.0 Å². The molecule has 164 valence electrons. The normalized spacial score (nSPS) is 17.1. The lowest BCUT2D eigenvalue weighted by Gasteiger charge is -2.42. The first-order valence-corrected chi connectivity index (χ1v) is 11.2. The van der Waals surface area contributed by atoms with Crippen LogP contribution in [0.5, 0.6) is 11.5 Å². The van der Waals surface area contributed by atoms with E-state index in [-0.39, 0.29) is 29.5 Å². The molecule has 1 N–H and O–H groups in total. The first kappa shape index (κ1) is 21.5. The van der Waals surface area contributed by atoms with E-state index >= 15 is 0 Å². The molecule has 2 aliphatic rings. The van der Waals surface area contributed by atoms with E-state index in [1.54, 1.807) is 0 Å². The Hall–Kier alpha value is -2.73. The highest BCUT2D eigenvalue weighted by molar-refractivity contribution is 6.27. The summed E-state index contributed by atoms with van der Waals surface area (Å²) in [5, 5.41) is 2.95. The summed E-state index contributed by atoms with van der Waals surface area (Å²) in [6.45, 7) is 2.81. The van der Waals surface area contributed by atoms with Crippen LogP contribution in [0.2, 0.25) is 0 Å². The number of fused-ring (bicyclic) bond motifs is 1. The van der Waals surface area contributed by atoms with Crippen LogP contribution in [-0.2, 0) is 21.4 Å². The summed E-state index contributed by atoms with van der Waals surface area (Å²) in [5.74, 6) is 1.23. The molecule has 2 heterocycles. The van der Waals surface area contributed by atoms with Crippen molar-refractivity contribution in [2.45, 2.75) is 24.7 Å². The topological polar surface area (TPSA) is 67.9 Å². The quantitative estimate of drug-likeness (QED) is 0.698. The van der Waals surface area contributed by atoms with Gasteiger partial charge in [0.1, 0.15) is 19.1 Å². The molecule has 0 radical (unpaired) electrons. The lowest BCUT2D eigenvalue weighted by atomic mass is 9.72. The molecular weight excluding hydrogens is 416 g/mol. The molecule has 4 rings (SSSR count). The third-order valence-electron chi connectivity index (χ3n) is 6.19. The predicted molar refractivity (Wildman–Crippen MR) is 119 cm³/mol. The van der Waals surface area contributed by atoms with Gasteiger partial charge >= 0.3 is 0 Å². The summed E-state index contributed by atoms with van der Waals surface area (Å²) in [6.07, 6.45) is 1.84. The van der Waals surface area contributed by atoms with Crippen molar-refractivity contribution in [3.8, 4) is 11.5 Å². The molecular formula is C24H27ClN2O4. The summed E-state index contributed by atoms with van der Waals surface area (Å²) in [7, 11) is 0. The predicted octanol–water partition coefficient (Wildman–Crippen LogP) is 2.92. The van der Waals surface area contributed by atoms with E-state index in [0.29, 0.717) is 44.3 Å². The number of piperidine rings is 1. The van der Waals surface area contributed by atoms with E-state index in [4.69, 9.17) is 21.1 Å². The van der Waals surface area contributed by atoms with E-state index in [0.717, 1.165) is 18.4 Å². The molecule has 2 aromatic carbocycles. The lowest BCUT2D eigenvalue weighted by Crippen LogP contribution is -2.50. The van der Waals surface area contributed by atoms with Crippen molar-refractivity contribution >= 4 is 23.4 Å². The minimum absolute atomic E-state index is 0.0529. The molecule has 0 aromatic heterocycles. The van der Waals surface area contributed by atoms with Crippen LogP contribution in [0.15, 0.2) is 48.5 Å². The van der Waals surface area contributed by atoms with Gasteiger partial charge in [-0.2, -0.15) is 0 Å². The minimum atomic E-state index is -0.206. The minimum Gasteiger partial charge on any atom is -0.486 e. The van der Waals surface area contributed by atoms with Gasteiger partial charge < -0.3 is 19.7 Å². The Kier molecular flexibility index (Phi) is 6.66. The van der Waals surface area contributed by atoms with Gasteiger partial charge in [-0.25, -0.2) is 0 Å². The molecule has 0 atom stereocenters. The smallest absolute Gasteiger partial charge is 0.234 e. The Bertz CT molecular complexity index is 926. The number of benzene rings is 2. The fourth-order valence-electron chi connectivity index (χ4n) is 4.41. The van der Waals surface area contributed by atoms with Gasteiger partial charge in [-0.05, 0) is 24.5 Å². The van der Waals surface area contributed by atoms with Crippen LogP contribution in [0, 0.1) is 0 Å². The molecule has 31 heavy (non-hydrogen) atoms. The van der Waals surface area contributed by atoms with Crippen LogP contribution >= 0.6 is 11.6 Å². The van der Waals surface area contributed by atoms with Gasteiger partial charge in [0.25, 0.3) is 0 Å². The third-order valence-corrected chi connectivity index (χ3v) is 6.44. The Balaban J connectivity index is 1.44. The number of ether oxygens (including phenoxy) is 2. The molecule has 2 amide bonds. The zero-order valence-electron chi connectivity index (χ0n) is 17.4. The molecule has 0 spiro atoms. The van der Waals surface area contributed by atoms with Crippen LogP contribution in [0.25, 0.3) is 0 Å². The molecule has 0 saturated carbocycles. The number of nitrogens with one attached hydrogen (secondary N) is 1. The second-order valence-corrected chi connectivity index (χ2v) is 8.32. The largest absolute Gasteiger partial charge is 0.486 e. The number of amides is 2. The molecule has 1 fully saturated rings. The first-order valence-electron chi connectivity index (χ1n) is 10.6. The maximum absolute atomic E-state index is 13.1. The highest BCUT2D eigenvalue weighted by Crippen LogP contribution is 2.37. The monoisotopic (exact) mass is 442 g/mol. The number of halogens is 1. The number of carbonyl (C=O) groups excluding carboxylic acids is 2. The van der Waals surface area contributed by atoms with E-state index in [2.05, 4.69) is 17.4 Å². The van der Waals surface area contributed by atoms with Gasteiger partial charge in [-0.15, -0.1) is 11.6 Å². The summed E-state index contributed by atoms with van der Waals surface area (Å²) >= 11 is 5.67. The van der Waals surface area contributed by atoms with E-state index < -0.39 is 0 Å². The maximum atomic E-state index is 13.1. The standard InChI is InChI=1S/C24H27ClN2O4/c25-16-21(28)26-17-24(19-6-2-1-3-7-19)9-11-27(12-10-24)22(29)15-18-5-4-8-20-23(18)31-14-13-30-20/h1-8H,9-17H2,(H,26,28). The Labute approximate surface area is 187 Å². The highest BCUT2D eigenvalue weighted by Gasteiger charge is 2.37. The van der Waals surface area contributed by atoms with Crippen LogP contribution in [0.4, 0.5) is 0 Å². The van der Waals surface area contributed by atoms with Crippen LogP contribution in [-0.4, -0.2) is 55.4 Å². The third kappa shape index (κ3) is 4.79. The number of carbonyl (C=O) groups is 2. The second-order valence-electron chi connectivity index (χ2n) is 8.06. The number of nitrogens with zero attached hydrogens (tertiary/aromatic N) is 1. The first-order chi connectivity index (χ1) is 15.1. The zero-order valence-corrected chi connectivity index (χ0v) is 18.2. The van der Waals surface area contributed by atoms with E-state index in [1.807, 2.05) is 41.3 Å². The molecule has 1 saturated heterocycles. The average molecular weight is 443 g/mol. The molecule has 7 heteroatoms. The second kappa shape index (κ2) is 9.60. The Morgan fingerprint density at radius 1 is 1.00 bits per heavy atom. The maximum Gasteiger partial charge on any atom is 0.234 e. The van der Waals surface area contributed by atoms with Crippen LogP contribution in [0.3, 0.4) is 0 Å². The lowest BCUT2D eigenvalue weighted by molar-refractivity contribution is -0.132. The number of hydrogen-bond acceptors (Lipinski definition) is 4. The Morgan fingerprint density at radius 2 is 1.74 bits per heavy atom. The number of rotatable bonds is 6. The highest BCUT2D eigenvalue weighted by atomic mass is 35.5. The van der Waals surface area contributed by atoms with E-state index in [1.165, 1.54) is 5.56 Å². The molecule has 0 unspecified atom stereocenters. The van der Waals surface area contributed by atoms with Crippen molar-refractivity contribution in [1.82, 2.24) is 10.2 Å². The fraction of sp³-hybridized carbons (Fsp3) is 0.417. The molecule has 2 aromatic rings. The summed E-state index contributed by atoms with van der Waals surface area (Å²) < 4.78 is 11.4. The molecule has 0 aliphatic carbocycles. The number of alkyl halides is 1. The SMILES string of the molecule is O=C(CCl)NCC1(c2ccccc2)CCN(C(=O)Cc2cccc3c2OCCO3)CC1. The van der Waals surface area contributed by atoms with Gasteiger partial charge in [0.2, 0.25) is 11.8 Å². The number of hydrogen-bond donors (Lipinski definition) is 1. The summed E-state index contributed by atoms with van der Waals surface area (Å²) in [4.78, 5) is 26.8. The van der Waals surface area contributed by atoms with Gasteiger partial charge in [0.15, 0.2) is 11.5 Å². The van der Waals surface area contributed by atoms with Crippen LogP contribution < -0.4 is 14.8 Å². The van der Waals surface area contributed by atoms with Gasteiger partial charge in [-0.1, -0.05) is 42.5 Å². The fourth-order valence-corrected chi connectivity index (χ4v) is 4.50. The van der Waals surface area contributed by atoms with Gasteiger partial charge in [0, 0.05) is 30.6 Å².